The van der Waals surface area contributed by atoms with Crippen LogP contribution in [0.1, 0.15) is 11.1 Å². The van der Waals surface area contributed by atoms with Gasteiger partial charge in [-0.05, 0) is 29.3 Å². The number of methoxy groups -OCH3 is 1. The van der Waals surface area contributed by atoms with Crippen LogP contribution in [0.4, 0.5) is 4.79 Å². The van der Waals surface area contributed by atoms with Gasteiger partial charge in [-0.25, -0.2) is 9.69 Å². The van der Waals surface area contributed by atoms with Crippen molar-refractivity contribution in [3.8, 4) is 5.75 Å². The number of imide groups is 1. The van der Waals surface area contributed by atoms with Gasteiger partial charge >= 0.3 is 6.09 Å². The molecule has 1 heterocycles. The molecule has 0 atom stereocenters. The molecule has 24 heavy (non-hydrogen) atoms. The maximum Gasteiger partial charge on any atom is 0.416 e. The average Bonchev–Trinajstić information content (AvgIpc) is 3.06. The molecule has 2 aromatic carbocycles. The Labute approximate surface area is 140 Å². The Morgan fingerprint density at radius 3 is 2.42 bits per heavy atom. The van der Waals surface area contributed by atoms with Crippen LogP contribution in [0.25, 0.3) is 11.6 Å². The number of ether oxygens (including phenoxy) is 2. The highest BCUT2D eigenvalue weighted by atomic mass is 16.6. The minimum absolute atomic E-state index is 0.228. The molecule has 0 aliphatic carbocycles. The van der Waals surface area contributed by atoms with Gasteiger partial charge in [0.1, 0.15) is 12.4 Å². The lowest BCUT2D eigenvalue weighted by Gasteiger charge is -2.14. The highest BCUT2D eigenvalue weighted by molar-refractivity contribution is 6.27. The van der Waals surface area contributed by atoms with Gasteiger partial charge in [0.2, 0.25) is 0 Å². The molecule has 2 aromatic rings. The normalized spacial score (nSPS) is 14.5. The van der Waals surface area contributed by atoms with Gasteiger partial charge in [-0.15, -0.1) is 0 Å². The average molecular weight is 323 g/mol. The first kappa shape index (κ1) is 15.8. The summed E-state index contributed by atoms with van der Waals surface area (Å²) in [5.74, 6) is 0.331. The molecule has 5 nitrogen and oxygen atoms in total. The summed E-state index contributed by atoms with van der Waals surface area (Å²) in [4.78, 5) is 25.7. The molecule has 0 spiro atoms. The van der Waals surface area contributed by atoms with Crippen molar-refractivity contribution in [3.05, 3.63) is 65.7 Å². The van der Waals surface area contributed by atoms with Gasteiger partial charge in [0.25, 0.3) is 5.91 Å². The number of hydrogen-bond donors (Lipinski definition) is 0. The van der Waals surface area contributed by atoms with E-state index in [1.165, 1.54) is 0 Å². The molecule has 5 heteroatoms. The molecule has 0 saturated carbocycles. The zero-order valence-corrected chi connectivity index (χ0v) is 13.3. The summed E-state index contributed by atoms with van der Waals surface area (Å²) in [7, 11) is 1.58. The number of cyclic esters (lactones) is 1. The van der Waals surface area contributed by atoms with E-state index >= 15 is 0 Å². The monoisotopic (exact) mass is 323 g/mol. The van der Waals surface area contributed by atoms with Crippen molar-refractivity contribution in [3.63, 3.8) is 0 Å². The van der Waals surface area contributed by atoms with Crippen molar-refractivity contribution in [1.82, 2.24) is 4.90 Å². The zero-order chi connectivity index (χ0) is 16.9. The molecule has 1 saturated heterocycles. The molecule has 1 fully saturated rings. The van der Waals surface area contributed by atoms with E-state index in [-0.39, 0.29) is 19.1 Å². The standard InChI is InChI=1S/C19H17NO4/c1-23-16-9-7-15(8-10-16)17(13-14-5-3-2-4-6-14)18(21)20-11-12-24-19(20)22/h2-10,13H,11-12H2,1H3/b17-13+. The second kappa shape index (κ2) is 7.00. The molecule has 0 aromatic heterocycles. The zero-order valence-electron chi connectivity index (χ0n) is 13.3. The molecule has 1 aliphatic rings. The van der Waals surface area contributed by atoms with Crippen LogP contribution in [0.2, 0.25) is 0 Å². The third kappa shape index (κ3) is 3.30. The van der Waals surface area contributed by atoms with Crippen molar-refractivity contribution in [2.45, 2.75) is 0 Å². The Bertz CT molecular complexity index is 766. The van der Waals surface area contributed by atoms with Crippen LogP contribution >= 0.6 is 0 Å². The fourth-order valence-corrected chi connectivity index (χ4v) is 2.48. The smallest absolute Gasteiger partial charge is 0.416 e. The molecular formula is C19H17NO4. The van der Waals surface area contributed by atoms with E-state index in [1.807, 2.05) is 30.3 Å². The van der Waals surface area contributed by atoms with Gasteiger partial charge in [0.05, 0.1) is 13.7 Å². The van der Waals surface area contributed by atoms with Crippen LogP contribution in [0.5, 0.6) is 5.75 Å². The number of nitrogens with zero attached hydrogens (tertiary/aromatic N) is 1. The molecular weight excluding hydrogens is 306 g/mol. The van der Waals surface area contributed by atoms with Gasteiger partial charge in [-0.2, -0.15) is 0 Å². The SMILES string of the molecule is COc1ccc(/C(=C\c2ccccc2)C(=O)N2CCOC2=O)cc1. The highest BCUT2D eigenvalue weighted by Gasteiger charge is 2.31. The van der Waals surface area contributed by atoms with Crippen LogP contribution in [0.3, 0.4) is 0 Å². The molecule has 0 radical (unpaired) electrons. The fourth-order valence-electron chi connectivity index (χ4n) is 2.48. The Morgan fingerprint density at radius 2 is 1.83 bits per heavy atom. The maximum atomic E-state index is 12.8. The van der Waals surface area contributed by atoms with Gasteiger partial charge < -0.3 is 9.47 Å². The Kier molecular flexibility index (Phi) is 4.61. The molecule has 0 bridgehead atoms. The quantitative estimate of drug-likeness (QED) is 0.640. The van der Waals surface area contributed by atoms with Crippen molar-refractivity contribution < 1.29 is 19.1 Å². The van der Waals surface area contributed by atoms with Crippen LogP contribution in [-0.2, 0) is 9.53 Å². The van der Waals surface area contributed by atoms with Crippen molar-refractivity contribution in [2.24, 2.45) is 0 Å². The number of hydrogen-bond acceptors (Lipinski definition) is 4. The Morgan fingerprint density at radius 1 is 1.12 bits per heavy atom. The van der Waals surface area contributed by atoms with Gasteiger partial charge in [0.15, 0.2) is 0 Å². The lowest BCUT2D eigenvalue weighted by molar-refractivity contribution is -0.121. The third-order valence-electron chi connectivity index (χ3n) is 3.75. The van der Waals surface area contributed by atoms with Crippen LogP contribution in [-0.4, -0.2) is 37.2 Å². The predicted octanol–water partition coefficient (Wildman–Crippen LogP) is 3.21. The first-order chi connectivity index (χ1) is 11.7. The van der Waals surface area contributed by atoms with Gasteiger partial charge in [-0.1, -0.05) is 42.5 Å². The van der Waals surface area contributed by atoms with Crippen LogP contribution < -0.4 is 4.74 Å². The molecule has 2 amide bonds. The molecule has 122 valence electrons. The summed E-state index contributed by atoms with van der Waals surface area (Å²) in [6.45, 7) is 0.492. The minimum atomic E-state index is -0.604. The first-order valence-corrected chi connectivity index (χ1v) is 7.59. The number of rotatable bonds is 4. The van der Waals surface area contributed by atoms with Crippen LogP contribution in [0.15, 0.2) is 54.6 Å². The number of carbonyl (C=O) groups excluding carboxylic acids is 2. The predicted molar refractivity (Wildman–Crippen MR) is 90.4 cm³/mol. The number of amides is 2. The number of carbonyl (C=O) groups is 2. The maximum absolute atomic E-state index is 12.8. The molecule has 1 aliphatic heterocycles. The highest BCUT2D eigenvalue weighted by Crippen LogP contribution is 2.24. The summed E-state index contributed by atoms with van der Waals surface area (Å²) in [6, 6.07) is 16.7. The van der Waals surface area contributed by atoms with E-state index in [0.29, 0.717) is 16.9 Å². The van der Waals surface area contributed by atoms with E-state index in [9.17, 15) is 9.59 Å². The van der Waals surface area contributed by atoms with Gasteiger partial charge in [-0.3, -0.25) is 4.79 Å². The summed E-state index contributed by atoms with van der Waals surface area (Å²) in [5.41, 5.74) is 2.02. The summed E-state index contributed by atoms with van der Waals surface area (Å²) < 4.78 is 10.0. The van der Waals surface area contributed by atoms with E-state index < -0.39 is 6.09 Å². The Hall–Kier alpha value is -3.08. The van der Waals surface area contributed by atoms with E-state index in [0.717, 1.165) is 10.5 Å². The van der Waals surface area contributed by atoms with Gasteiger partial charge in [0, 0.05) is 5.57 Å². The second-order valence-electron chi connectivity index (χ2n) is 5.27. The summed E-state index contributed by atoms with van der Waals surface area (Å²) in [6.07, 6.45) is 1.17. The minimum Gasteiger partial charge on any atom is -0.497 e. The van der Waals surface area contributed by atoms with Crippen molar-refractivity contribution in [2.75, 3.05) is 20.3 Å². The van der Waals surface area contributed by atoms with Crippen molar-refractivity contribution in [1.29, 1.82) is 0 Å². The molecule has 3 rings (SSSR count). The summed E-state index contributed by atoms with van der Waals surface area (Å²) in [5, 5.41) is 0. The third-order valence-corrected chi connectivity index (χ3v) is 3.75. The topological polar surface area (TPSA) is 55.8 Å². The fraction of sp³-hybridized carbons (Fsp3) is 0.158. The molecule has 0 N–H and O–H groups in total. The second-order valence-corrected chi connectivity index (χ2v) is 5.27. The lowest BCUT2D eigenvalue weighted by atomic mass is 10.0. The number of benzene rings is 2. The first-order valence-electron chi connectivity index (χ1n) is 7.59. The summed E-state index contributed by atoms with van der Waals surface area (Å²) >= 11 is 0. The van der Waals surface area contributed by atoms with E-state index in [4.69, 9.17) is 9.47 Å². The van der Waals surface area contributed by atoms with E-state index in [2.05, 4.69) is 0 Å². The van der Waals surface area contributed by atoms with Crippen LogP contribution in [0, 0.1) is 0 Å². The molecule has 0 unspecified atom stereocenters. The lowest BCUT2D eigenvalue weighted by Crippen LogP contribution is -2.32. The van der Waals surface area contributed by atoms with E-state index in [1.54, 1.807) is 37.5 Å². The largest absolute Gasteiger partial charge is 0.497 e. The Balaban J connectivity index is 2.01. The van der Waals surface area contributed by atoms with Crippen molar-refractivity contribution >= 4 is 23.6 Å².